The molecule has 0 radical (unpaired) electrons. The minimum atomic E-state index is -3.47. The van der Waals surface area contributed by atoms with Gasteiger partial charge in [0.15, 0.2) is 0 Å². The van der Waals surface area contributed by atoms with Crippen LogP contribution in [0.1, 0.15) is 56.6 Å². The Kier molecular flexibility index (Phi) is 4.36. The maximum Gasteiger partial charge on any atom is 0.243 e. The molecule has 0 spiro atoms. The van der Waals surface area contributed by atoms with Crippen molar-refractivity contribution in [3.63, 3.8) is 0 Å². The molecule has 3 aliphatic heterocycles. The molecule has 0 aromatic heterocycles. The predicted octanol–water partition coefficient (Wildman–Crippen LogP) is 2.87. The summed E-state index contributed by atoms with van der Waals surface area (Å²) in [5.41, 5.74) is 3.05. The Morgan fingerprint density at radius 1 is 1.04 bits per heavy atom. The van der Waals surface area contributed by atoms with Crippen LogP contribution in [0, 0.1) is 0 Å². The van der Waals surface area contributed by atoms with Crippen molar-refractivity contribution in [3.8, 4) is 0 Å². The molecular formula is C19H26N2O3S. The molecule has 1 aromatic carbocycles. The quantitative estimate of drug-likeness (QED) is 0.831. The van der Waals surface area contributed by atoms with Gasteiger partial charge in [-0.2, -0.15) is 4.31 Å². The Morgan fingerprint density at radius 2 is 1.80 bits per heavy atom. The second-order valence-corrected chi connectivity index (χ2v) is 9.30. The van der Waals surface area contributed by atoms with Gasteiger partial charge in [-0.05, 0) is 61.8 Å². The normalized spacial score (nSPS) is 24.3. The summed E-state index contributed by atoms with van der Waals surface area (Å²) < 4.78 is 28.4. The van der Waals surface area contributed by atoms with Gasteiger partial charge in [-0.3, -0.25) is 4.79 Å². The summed E-state index contributed by atoms with van der Waals surface area (Å²) in [5.74, 6) is 0.172. The van der Waals surface area contributed by atoms with Crippen molar-refractivity contribution in [1.82, 2.24) is 4.31 Å². The lowest BCUT2D eigenvalue weighted by Gasteiger charge is -2.37. The molecule has 3 aliphatic rings. The highest BCUT2D eigenvalue weighted by atomic mass is 32.2. The molecule has 25 heavy (non-hydrogen) atoms. The van der Waals surface area contributed by atoms with E-state index >= 15 is 0 Å². The Bertz CT molecular complexity index is 786. The molecule has 1 amide bonds. The maximum absolute atomic E-state index is 13.3. The molecule has 0 N–H and O–H groups in total. The molecule has 0 saturated carbocycles. The molecule has 0 bridgehead atoms. The van der Waals surface area contributed by atoms with Gasteiger partial charge in [0.05, 0.1) is 10.6 Å². The standard InChI is InChI=1S/C19H26N2O3S/c1-2-16-7-3-4-11-21(16)25(23,24)17-12-14-6-5-10-20-18(22)9-8-15(13-17)19(14)20/h12-13,16H,2-11H2,1H3/t16-/m0/s1. The van der Waals surface area contributed by atoms with E-state index in [0.29, 0.717) is 24.3 Å². The van der Waals surface area contributed by atoms with Crippen LogP contribution in [0.4, 0.5) is 5.69 Å². The third-order valence-corrected chi connectivity index (χ3v) is 7.83. The number of aryl methyl sites for hydroxylation is 2. The van der Waals surface area contributed by atoms with Gasteiger partial charge >= 0.3 is 0 Å². The lowest BCUT2D eigenvalue weighted by molar-refractivity contribution is -0.119. The largest absolute Gasteiger partial charge is 0.312 e. The van der Waals surface area contributed by atoms with Gasteiger partial charge in [-0.25, -0.2) is 8.42 Å². The molecule has 136 valence electrons. The first kappa shape index (κ1) is 17.0. The fraction of sp³-hybridized carbons (Fsp3) is 0.632. The maximum atomic E-state index is 13.3. The minimum Gasteiger partial charge on any atom is -0.312 e. The van der Waals surface area contributed by atoms with Crippen LogP contribution in [0.2, 0.25) is 0 Å². The predicted molar refractivity (Wildman–Crippen MR) is 97.3 cm³/mol. The van der Waals surface area contributed by atoms with Crippen LogP contribution < -0.4 is 4.90 Å². The Morgan fingerprint density at radius 3 is 2.56 bits per heavy atom. The van der Waals surface area contributed by atoms with Crippen LogP contribution in [-0.2, 0) is 27.7 Å². The Balaban J connectivity index is 1.77. The second kappa shape index (κ2) is 6.40. The van der Waals surface area contributed by atoms with Gasteiger partial charge in [-0.1, -0.05) is 13.3 Å². The minimum absolute atomic E-state index is 0.115. The number of carbonyl (C=O) groups excluding carboxylic acids is 1. The summed E-state index contributed by atoms with van der Waals surface area (Å²) in [6.45, 7) is 3.45. The van der Waals surface area contributed by atoms with Gasteiger partial charge in [0, 0.05) is 25.6 Å². The van der Waals surface area contributed by atoms with Crippen molar-refractivity contribution < 1.29 is 13.2 Å². The topological polar surface area (TPSA) is 57.7 Å². The Hall–Kier alpha value is -1.40. The molecule has 5 nitrogen and oxygen atoms in total. The van der Waals surface area contributed by atoms with E-state index < -0.39 is 10.0 Å². The summed E-state index contributed by atoms with van der Waals surface area (Å²) in [6, 6.07) is 3.78. The molecule has 1 fully saturated rings. The number of benzene rings is 1. The van der Waals surface area contributed by atoms with Crippen LogP contribution >= 0.6 is 0 Å². The van der Waals surface area contributed by atoms with Crippen molar-refractivity contribution in [2.75, 3.05) is 18.0 Å². The highest BCUT2D eigenvalue weighted by molar-refractivity contribution is 7.89. The zero-order chi connectivity index (χ0) is 17.6. The summed E-state index contributed by atoms with van der Waals surface area (Å²) in [7, 11) is -3.47. The van der Waals surface area contributed by atoms with Crippen LogP contribution in [0.25, 0.3) is 0 Å². The molecule has 4 rings (SSSR count). The lowest BCUT2D eigenvalue weighted by atomic mass is 9.92. The monoisotopic (exact) mass is 362 g/mol. The third-order valence-electron chi connectivity index (χ3n) is 5.90. The zero-order valence-corrected chi connectivity index (χ0v) is 15.6. The fourth-order valence-corrected chi connectivity index (χ4v) is 6.47. The number of anilines is 1. The molecule has 1 atom stereocenters. The molecule has 3 heterocycles. The molecular weight excluding hydrogens is 336 g/mol. The fourth-order valence-electron chi connectivity index (χ4n) is 4.60. The van der Waals surface area contributed by atoms with E-state index in [1.807, 2.05) is 17.0 Å². The molecule has 0 aliphatic carbocycles. The molecule has 0 unspecified atom stereocenters. The first-order chi connectivity index (χ1) is 12.0. The van der Waals surface area contributed by atoms with E-state index in [0.717, 1.165) is 61.9 Å². The van der Waals surface area contributed by atoms with Gasteiger partial charge in [-0.15, -0.1) is 0 Å². The van der Waals surface area contributed by atoms with Crippen molar-refractivity contribution in [2.24, 2.45) is 0 Å². The van der Waals surface area contributed by atoms with Crippen molar-refractivity contribution >= 4 is 21.6 Å². The number of amides is 1. The first-order valence-electron chi connectivity index (χ1n) is 9.50. The highest BCUT2D eigenvalue weighted by Gasteiger charge is 2.35. The number of nitrogens with zero attached hydrogens (tertiary/aromatic N) is 2. The van der Waals surface area contributed by atoms with Gasteiger partial charge < -0.3 is 4.90 Å². The van der Waals surface area contributed by atoms with Crippen LogP contribution in [0.3, 0.4) is 0 Å². The smallest absolute Gasteiger partial charge is 0.243 e. The molecule has 6 heteroatoms. The summed E-state index contributed by atoms with van der Waals surface area (Å²) >= 11 is 0. The number of piperidine rings is 1. The summed E-state index contributed by atoms with van der Waals surface area (Å²) in [5, 5.41) is 0. The van der Waals surface area contributed by atoms with Crippen LogP contribution in [-0.4, -0.2) is 37.8 Å². The van der Waals surface area contributed by atoms with Crippen molar-refractivity contribution in [3.05, 3.63) is 23.3 Å². The Labute approximate surface area is 150 Å². The van der Waals surface area contributed by atoms with Crippen LogP contribution in [0.15, 0.2) is 17.0 Å². The van der Waals surface area contributed by atoms with E-state index in [1.165, 1.54) is 0 Å². The average Bonchev–Trinajstić information content (AvgIpc) is 2.64. The van der Waals surface area contributed by atoms with Crippen molar-refractivity contribution in [2.45, 2.75) is 69.2 Å². The van der Waals surface area contributed by atoms with E-state index in [-0.39, 0.29) is 11.9 Å². The average molecular weight is 362 g/mol. The number of carbonyl (C=O) groups is 1. The third kappa shape index (κ3) is 2.79. The van der Waals surface area contributed by atoms with Crippen LogP contribution in [0.5, 0.6) is 0 Å². The van der Waals surface area contributed by atoms with E-state index in [9.17, 15) is 13.2 Å². The molecule has 1 saturated heterocycles. The zero-order valence-electron chi connectivity index (χ0n) is 14.8. The van der Waals surface area contributed by atoms with Gasteiger partial charge in [0.25, 0.3) is 0 Å². The van der Waals surface area contributed by atoms with Crippen molar-refractivity contribution in [1.29, 1.82) is 0 Å². The second-order valence-electron chi connectivity index (χ2n) is 7.41. The highest BCUT2D eigenvalue weighted by Crippen LogP contribution is 2.38. The molecule has 1 aromatic rings. The summed E-state index contributed by atoms with van der Waals surface area (Å²) in [4.78, 5) is 14.5. The van der Waals surface area contributed by atoms with E-state index in [2.05, 4.69) is 6.92 Å². The van der Waals surface area contributed by atoms with Gasteiger partial charge in [0.2, 0.25) is 15.9 Å². The SMILES string of the molecule is CC[C@H]1CCCCN1S(=O)(=O)c1cc2c3c(c1)CCC(=O)N3CCC2. The number of sulfonamides is 1. The number of rotatable bonds is 3. The lowest BCUT2D eigenvalue weighted by Crippen LogP contribution is -2.43. The van der Waals surface area contributed by atoms with E-state index in [4.69, 9.17) is 0 Å². The number of hydrogen-bond acceptors (Lipinski definition) is 3. The number of hydrogen-bond donors (Lipinski definition) is 0. The first-order valence-corrected chi connectivity index (χ1v) is 10.9. The van der Waals surface area contributed by atoms with Gasteiger partial charge in [0.1, 0.15) is 0 Å². The van der Waals surface area contributed by atoms with E-state index in [1.54, 1.807) is 4.31 Å². The summed E-state index contributed by atoms with van der Waals surface area (Å²) in [6.07, 6.45) is 6.76.